The van der Waals surface area contributed by atoms with Crippen molar-refractivity contribution in [2.24, 2.45) is 0 Å². The normalized spacial score (nSPS) is 11.2. The number of benzene rings is 1. The van der Waals surface area contributed by atoms with Crippen LogP contribution in [-0.4, -0.2) is 27.4 Å². The number of carbonyl (C=O) groups is 2. The molecular weight excluding hydrogens is 343 g/mol. The number of amides is 1. The van der Waals surface area contributed by atoms with Gasteiger partial charge in [0, 0.05) is 17.4 Å². The first-order valence-corrected chi connectivity index (χ1v) is 7.68. The van der Waals surface area contributed by atoms with E-state index in [1.165, 1.54) is 13.0 Å². The number of ketones is 1. The second kappa shape index (κ2) is 7.43. The molecule has 1 N–H and O–H groups in total. The Morgan fingerprint density at radius 1 is 1.25 bits per heavy atom. The van der Waals surface area contributed by atoms with Crippen molar-refractivity contribution in [2.45, 2.75) is 18.3 Å². The number of halogens is 3. The van der Waals surface area contributed by atoms with E-state index >= 15 is 0 Å². The maximum Gasteiger partial charge on any atom is 0.433 e. The molecule has 0 radical (unpaired) electrons. The summed E-state index contributed by atoms with van der Waals surface area (Å²) in [6.07, 6.45) is -3.57. The predicted molar refractivity (Wildman–Crippen MR) is 82.8 cm³/mol. The molecule has 0 saturated heterocycles. The highest BCUT2D eigenvalue weighted by Gasteiger charge is 2.32. The first kappa shape index (κ1) is 17.9. The summed E-state index contributed by atoms with van der Waals surface area (Å²) in [5.74, 6) is -0.745. The van der Waals surface area contributed by atoms with Crippen molar-refractivity contribution in [3.8, 4) is 0 Å². The Bertz CT molecular complexity index is 766. The van der Waals surface area contributed by atoms with Gasteiger partial charge in [0.1, 0.15) is 5.69 Å². The number of rotatable bonds is 5. The highest BCUT2D eigenvalue weighted by molar-refractivity contribution is 7.99. The minimum absolute atomic E-state index is 0.141. The number of thioether (sulfide) groups is 1. The van der Waals surface area contributed by atoms with Crippen molar-refractivity contribution in [1.82, 2.24) is 9.97 Å². The van der Waals surface area contributed by atoms with Gasteiger partial charge >= 0.3 is 6.18 Å². The SMILES string of the molecule is CC(=O)c1cccc(NC(=O)CSc2nccc(C(F)(F)F)n2)c1. The van der Waals surface area contributed by atoms with Gasteiger partial charge in [0.05, 0.1) is 5.75 Å². The van der Waals surface area contributed by atoms with Crippen LogP contribution in [0.5, 0.6) is 0 Å². The minimum Gasteiger partial charge on any atom is -0.325 e. The van der Waals surface area contributed by atoms with Crippen LogP contribution in [0.25, 0.3) is 0 Å². The molecule has 0 aliphatic rings. The highest BCUT2D eigenvalue weighted by atomic mass is 32.2. The summed E-state index contributed by atoms with van der Waals surface area (Å²) in [4.78, 5) is 30.2. The lowest BCUT2D eigenvalue weighted by Crippen LogP contribution is -2.15. The van der Waals surface area contributed by atoms with E-state index < -0.39 is 17.8 Å². The van der Waals surface area contributed by atoms with Crippen molar-refractivity contribution in [3.05, 3.63) is 47.8 Å². The van der Waals surface area contributed by atoms with E-state index in [-0.39, 0.29) is 16.7 Å². The first-order chi connectivity index (χ1) is 11.3. The van der Waals surface area contributed by atoms with Gasteiger partial charge < -0.3 is 5.32 Å². The molecule has 24 heavy (non-hydrogen) atoms. The lowest BCUT2D eigenvalue weighted by molar-refractivity contribution is -0.141. The molecule has 1 aromatic carbocycles. The van der Waals surface area contributed by atoms with Gasteiger partial charge in [-0.15, -0.1) is 0 Å². The Hall–Kier alpha value is -2.42. The zero-order valence-electron chi connectivity index (χ0n) is 12.4. The lowest BCUT2D eigenvalue weighted by Gasteiger charge is -2.07. The molecule has 9 heteroatoms. The molecule has 0 spiro atoms. The zero-order chi connectivity index (χ0) is 17.7. The van der Waals surface area contributed by atoms with Gasteiger partial charge in [-0.1, -0.05) is 23.9 Å². The van der Waals surface area contributed by atoms with Gasteiger partial charge in [-0.3, -0.25) is 9.59 Å². The van der Waals surface area contributed by atoms with Crippen molar-refractivity contribution < 1.29 is 22.8 Å². The van der Waals surface area contributed by atoms with Crippen LogP contribution >= 0.6 is 11.8 Å². The molecule has 1 heterocycles. The number of aromatic nitrogens is 2. The summed E-state index contributed by atoms with van der Waals surface area (Å²) in [6, 6.07) is 7.12. The molecule has 0 saturated carbocycles. The number of alkyl halides is 3. The maximum absolute atomic E-state index is 12.6. The second-order valence-corrected chi connectivity index (χ2v) is 5.64. The van der Waals surface area contributed by atoms with Crippen molar-refractivity contribution in [2.75, 3.05) is 11.1 Å². The third-order valence-electron chi connectivity index (χ3n) is 2.81. The Kier molecular flexibility index (Phi) is 5.55. The molecule has 0 unspecified atom stereocenters. The summed E-state index contributed by atoms with van der Waals surface area (Å²) in [6.45, 7) is 1.40. The number of hydrogen-bond donors (Lipinski definition) is 1. The van der Waals surface area contributed by atoms with Crippen LogP contribution in [0.1, 0.15) is 23.0 Å². The third-order valence-corrected chi connectivity index (χ3v) is 3.67. The number of anilines is 1. The largest absolute Gasteiger partial charge is 0.433 e. The number of nitrogens with zero attached hydrogens (tertiary/aromatic N) is 2. The van der Waals surface area contributed by atoms with Gasteiger partial charge in [-0.25, -0.2) is 9.97 Å². The quantitative estimate of drug-likeness (QED) is 0.505. The number of carbonyl (C=O) groups excluding carboxylic acids is 2. The van der Waals surface area contributed by atoms with E-state index in [4.69, 9.17) is 0 Å². The van der Waals surface area contributed by atoms with Gasteiger partial charge in [-0.05, 0) is 25.1 Å². The fourth-order valence-corrected chi connectivity index (χ4v) is 2.34. The molecule has 126 valence electrons. The monoisotopic (exact) mass is 355 g/mol. The lowest BCUT2D eigenvalue weighted by atomic mass is 10.1. The second-order valence-electron chi connectivity index (χ2n) is 4.70. The van der Waals surface area contributed by atoms with Gasteiger partial charge in [0.25, 0.3) is 0 Å². The van der Waals surface area contributed by atoms with Crippen molar-refractivity contribution >= 4 is 29.1 Å². The van der Waals surface area contributed by atoms with E-state index in [1.54, 1.807) is 18.2 Å². The van der Waals surface area contributed by atoms with Crippen LogP contribution in [0.15, 0.2) is 41.7 Å². The van der Waals surface area contributed by atoms with E-state index in [0.717, 1.165) is 24.0 Å². The summed E-state index contributed by atoms with van der Waals surface area (Å²) in [7, 11) is 0. The van der Waals surface area contributed by atoms with Crippen LogP contribution in [0.4, 0.5) is 18.9 Å². The zero-order valence-corrected chi connectivity index (χ0v) is 13.2. The molecule has 1 amide bonds. The molecule has 0 aliphatic heterocycles. The molecule has 5 nitrogen and oxygen atoms in total. The van der Waals surface area contributed by atoms with Gasteiger partial charge in [-0.2, -0.15) is 13.2 Å². The number of Topliss-reactive ketones (excluding diaryl/α,β-unsaturated/α-hetero) is 1. The molecule has 0 atom stereocenters. The smallest absolute Gasteiger partial charge is 0.325 e. The average molecular weight is 355 g/mol. The van der Waals surface area contributed by atoms with Crippen LogP contribution in [0.3, 0.4) is 0 Å². The summed E-state index contributed by atoms with van der Waals surface area (Å²) < 4.78 is 37.7. The fraction of sp³-hybridized carbons (Fsp3) is 0.200. The predicted octanol–water partition coefficient (Wildman–Crippen LogP) is 3.43. The first-order valence-electron chi connectivity index (χ1n) is 6.69. The van der Waals surface area contributed by atoms with Crippen LogP contribution < -0.4 is 5.32 Å². The average Bonchev–Trinajstić information content (AvgIpc) is 2.52. The number of hydrogen-bond acceptors (Lipinski definition) is 5. The Balaban J connectivity index is 1.96. The summed E-state index contributed by atoms with van der Waals surface area (Å²) in [5.41, 5.74) is -0.186. The topological polar surface area (TPSA) is 72.0 Å². The van der Waals surface area contributed by atoms with E-state index in [1.807, 2.05) is 0 Å². The molecule has 0 fully saturated rings. The molecule has 2 rings (SSSR count). The van der Waals surface area contributed by atoms with Crippen LogP contribution in [-0.2, 0) is 11.0 Å². The van der Waals surface area contributed by atoms with E-state index in [0.29, 0.717) is 11.3 Å². The van der Waals surface area contributed by atoms with Gasteiger partial charge in [0.15, 0.2) is 10.9 Å². The van der Waals surface area contributed by atoms with Crippen LogP contribution in [0.2, 0.25) is 0 Å². The third kappa shape index (κ3) is 5.05. The maximum atomic E-state index is 12.6. The number of nitrogens with one attached hydrogen (secondary N) is 1. The summed E-state index contributed by atoms with van der Waals surface area (Å²) in [5, 5.41) is 2.42. The molecule has 0 aliphatic carbocycles. The van der Waals surface area contributed by atoms with Gasteiger partial charge in [0.2, 0.25) is 5.91 Å². The Morgan fingerprint density at radius 2 is 2.00 bits per heavy atom. The highest BCUT2D eigenvalue weighted by Crippen LogP contribution is 2.28. The molecule has 1 aromatic heterocycles. The molecular formula is C15H12F3N3O2S. The molecule has 2 aromatic rings. The minimum atomic E-state index is -4.56. The summed E-state index contributed by atoms with van der Waals surface area (Å²) >= 11 is 0.787. The van der Waals surface area contributed by atoms with Crippen molar-refractivity contribution in [3.63, 3.8) is 0 Å². The standard InChI is InChI=1S/C15H12F3N3O2S/c1-9(22)10-3-2-4-11(7-10)20-13(23)8-24-14-19-6-5-12(21-14)15(16,17)18/h2-7H,8H2,1H3,(H,20,23). The molecule has 0 bridgehead atoms. The van der Waals surface area contributed by atoms with E-state index in [9.17, 15) is 22.8 Å². The Labute approximate surface area is 139 Å². The van der Waals surface area contributed by atoms with Crippen LogP contribution in [0, 0.1) is 0 Å². The Morgan fingerprint density at radius 3 is 2.67 bits per heavy atom. The van der Waals surface area contributed by atoms with E-state index in [2.05, 4.69) is 15.3 Å². The van der Waals surface area contributed by atoms with Crippen molar-refractivity contribution in [1.29, 1.82) is 0 Å². The fourth-order valence-electron chi connectivity index (χ4n) is 1.71.